The minimum Gasteiger partial charge on any atom is -0.489 e. The second kappa shape index (κ2) is 12.1. The zero-order valence-electron chi connectivity index (χ0n) is 15.7. The van der Waals surface area contributed by atoms with Gasteiger partial charge in [-0.15, -0.1) is 24.0 Å². The van der Waals surface area contributed by atoms with Crippen molar-refractivity contribution in [1.29, 1.82) is 0 Å². The first-order chi connectivity index (χ1) is 13.0. The average Bonchev–Trinajstić information content (AvgIpc) is 3.12. The van der Waals surface area contributed by atoms with Gasteiger partial charge in [0.05, 0.1) is 18.0 Å². The van der Waals surface area contributed by atoms with Crippen molar-refractivity contribution in [3.05, 3.63) is 52.6 Å². The zero-order valence-corrected chi connectivity index (χ0v) is 18.0. The molecule has 0 aliphatic heterocycles. The normalized spacial score (nSPS) is 12.0. The Balaban J connectivity index is 0.00000392. The molecule has 0 radical (unpaired) electrons. The molecular weight excluding hydrogens is 482 g/mol. The van der Waals surface area contributed by atoms with Crippen LogP contribution in [0.15, 0.2) is 41.7 Å². The molecule has 1 atom stereocenters. The van der Waals surface area contributed by atoms with Crippen LogP contribution in [-0.4, -0.2) is 46.9 Å². The molecule has 0 saturated carbocycles. The first-order valence-electron chi connectivity index (χ1n) is 8.55. The van der Waals surface area contributed by atoms with E-state index >= 15 is 0 Å². The summed E-state index contributed by atoms with van der Waals surface area (Å²) in [6.07, 6.45) is 3.16. The molecule has 0 aliphatic rings. The molecule has 1 aromatic carbocycles. The molecule has 2 rings (SSSR count). The Morgan fingerprint density at radius 3 is 2.86 bits per heavy atom. The summed E-state index contributed by atoms with van der Waals surface area (Å²) in [5.41, 5.74) is -0.0437. The summed E-state index contributed by atoms with van der Waals surface area (Å²) in [6, 6.07) is 6.03. The number of ether oxygens (including phenoxy) is 1. The van der Waals surface area contributed by atoms with E-state index in [1.165, 1.54) is 29.2 Å². The molecule has 1 heterocycles. The van der Waals surface area contributed by atoms with Gasteiger partial charge < -0.3 is 15.4 Å². The largest absolute Gasteiger partial charge is 0.489 e. The summed E-state index contributed by atoms with van der Waals surface area (Å²) >= 11 is 0. The second-order valence-electron chi connectivity index (χ2n) is 5.70. The number of hydrogen-bond donors (Lipinski definition) is 2. The number of aromatic nitrogens is 2. The molecule has 1 unspecified atom stereocenters. The van der Waals surface area contributed by atoms with Gasteiger partial charge in [-0.1, -0.05) is 13.0 Å². The maximum atomic E-state index is 13.2. The first-order valence-corrected chi connectivity index (χ1v) is 8.55. The van der Waals surface area contributed by atoms with Crippen molar-refractivity contribution in [2.24, 2.45) is 4.99 Å². The maximum absolute atomic E-state index is 13.2. The van der Waals surface area contributed by atoms with E-state index in [-0.39, 0.29) is 41.6 Å². The van der Waals surface area contributed by atoms with E-state index < -0.39 is 4.92 Å². The number of nitrogens with one attached hydrogen (secondary N) is 2. The highest BCUT2D eigenvalue weighted by Gasteiger charge is 2.11. The molecule has 11 heteroatoms. The van der Waals surface area contributed by atoms with Crippen molar-refractivity contribution in [2.75, 3.05) is 20.1 Å². The van der Waals surface area contributed by atoms with E-state index in [0.717, 1.165) is 6.42 Å². The summed E-state index contributed by atoms with van der Waals surface area (Å²) in [7, 11) is 1.64. The van der Waals surface area contributed by atoms with Gasteiger partial charge in [0.25, 0.3) is 0 Å². The number of halogens is 2. The molecule has 0 amide bonds. The Labute approximate surface area is 179 Å². The smallest absolute Gasteiger partial charge is 0.306 e. The minimum atomic E-state index is -0.485. The van der Waals surface area contributed by atoms with Crippen molar-refractivity contribution in [3.8, 4) is 5.75 Å². The van der Waals surface area contributed by atoms with Crippen LogP contribution >= 0.6 is 24.0 Å². The highest BCUT2D eigenvalue weighted by Crippen LogP contribution is 2.14. The number of benzene rings is 1. The number of guanidine groups is 1. The first kappa shape index (κ1) is 23.6. The number of nitro groups is 1. The molecule has 154 valence electrons. The van der Waals surface area contributed by atoms with Crippen LogP contribution in [0.5, 0.6) is 5.75 Å². The molecule has 2 N–H and O–H groups in total. The Hall–Kier alpha value is -2.44. The quantitative estimate of drug-likeness (QED) is 0.178. The summed E-state index contributed by atoms with van der Waals surface area (Å²) in [5.74, 6) is 0.705. The standard InChI is InChI=1S/C17H23FN6O3.HI/c1-3-15(27-16-6-4-5-13(18)9-16)11-21-17(19-2)20-7-8-23-12-14(10-22-23)24(25)26;/h4-6,9-10,12,15H,3,7-8,11H2,1-2H3,(H2,19,20,21);1H. The van der Waals surface area contributed by atoms with Gasteiger partial charge in [0.15, 0.2) is 5.96 Å². The maximum Gasteiger partial charge on any atom is 0.306 e. The van der Waals surface area contributed by atoms with Gasteiger partial charge >= 0.3 is 5.69 Å². The number of nitrogens with zero attached hydrogens (tertiary/aromatic N) is 4. The molecule has 2 aromatic rings. The van der Waals surface area contributed by atoms with Crippen molar-refractivity contribution >= 4 is 35.6 Å². The Kier molecular flexibility index (Phi) is 10.2. The molecule has 0 saturated heterocycles. The van der Waals surface area contributed by atoms with E-state index in [1.807, 2.05) is 6.92 Å². The third-order valence-electron chi connectivity index (χ3n) is 3.74. The molecular formula is C17H24FIN6O3. The second-order valence-corrected chi connectivity index (χ2v) is 5.70. The van der Waals surface area contributed by atoms with Crippen molar-refractivity contribution in [2.45, 2.75) is 26.0 Å². The third-order valence-corrected chi connectivity index (χ3v) is 3.74. The van der Waals surface area contributed by atoms with Crippen LogP contribution in [-0.2, 0) is 6.54 Å². The summed E-state index contributed by atoms with van der Waals surface area (Å²) < 4.78 is 20.5. The molecule has 0 bridgehead atoms. The van der Waals surface area contributed by atoms with E-state index in [2.05, 4.69) is 20.7 Å². The van der Waals surface area contributed by atoms with Crippen molar-refractivity contribution in [1.82, 2.24) is 20.4 Å². The summed E-state index contributed by atoms with van der Waals surface area (Å²) in [6.45, 7) is 3.40. The fourth-order valence-electron chi connectivity index (χ4n) is 2.29. The van der Waals surface area contributed by atoms with Crippen LogP contribution in [0.2, 0.25) is 0 Å². The van der Waals surface area contributed by atoms with Gasteiger partial charge in [0.2, 0.25) is 0 Å². The van der Waals surface area contributed by atoms with Gasteiger partial charge in [-0.3, -0.25) is 19.8 Å². The lowest BCUT2D eigenvalue weighted by Gasteiger charge is -2.20. The van der Waals surface area contributed by atoms with Crippen LogP contribution < -0.4 is 15.4 Å². The third kappa shape index (κ3) is 7.66. The van der Waals surface area contributed by atoms with Crippen LogP contribution in [0.25, 0.3) is 0 Å². The lowest BCUT2D eigenvalue weighted by molar-refractivity contribution is -0.385. The van der Waals surface area contributed by atoms with Crippen LogP contribution in [0.3, 0.4) is 0 Å². The van der Waals surface area contributed by atoms with Gasteiger partial charge in [-0.05, 0) is 18.6 Å². The number of aliphatic imine (C=N–C) groups is 1. The molecule has 9 nitrogen and oxygen atoms in total. The van der Waals surface area contributed by atoms with E-state index in [0.29, 0.717) is 31.3 Å². The SMILES string of the molecule is CCC(CNC(=NC)NCCn1cc([N+](=O)[O-])cn1)Oc1cccc(F)c1.I. The number of hydrogen-bond acceptors (Lipinski definition) is 5. The fourth-order valence-corrected chi connectivity index (χ4v) is 2.29. The molecule has 0 aliphatic carbocycles. The monoisotopic (exact) mass is 506 g/mol. The van der Waals surface area contributed by atoms with Gasteiger partial charge in [0.1, 0.15) is 30.1 Å². The van der Waals surface area contributed by atoms with Gasteiger partial charge in [0, 0.05) is 19.7 Å². The van der Waals surface area contributed by atoms with Crippen LogP contribution in [0.1, 0.15) is 13.3 Å². The van der Waals surface area contributed by atoms with Crippen molar-refractivity contribution < 1.29 is 14.1 Å². The highest BCUT2D eigenvalue weighted by atomic mass is 127. The lowest BCUT2D eigenvalue weighted by Crippen LogP contribution is -2.43. The molecule has 1 aromatic heterocycles. The summed E-state index contributed by atoms with van der Waals surface area (Å²) in [4.78, 5) is 14.3. The average molecular weight is 506 g/mol. The van der Waals surface area contributed by atoms with Crippen LogP contribution in [0, 0.1) is 15.9 Å². The molecule has 0 fully saturated rings. The van der Waals surface area contributed by atoms with Crippen LogP contribution in [0.4, 0.5) is 10.1 Å². The van der Waals surface area contributed by atoms with E-state index in [4.69, 9.17) is 4.74 Å². The molecule has 0 spiro atoms. The summed E-state index contributed by atoms with van der Waals surface area (Å²) in [5, 5.41) is 20.8. The number of rotatable bonds is 9. The predicted molar refractivity (Wildman–Crippen MR) is 115 cm³/mol. The van der Waals surface area contributed by atoms with Gasteiger partial charge in [-0.25, -0.2) is 4.39 Å². The lowest BCUT2D eigenvalue weighted by atomic mass is 10.2. The van der Waals surface area contributed by atoms with Gasteiger partial charge in [-0.2, -0.15) is 5.10 Å². The van der Waals surface area contributed by atoms with E-state index in [9.17, 15) is 14.5 Å². The topological polar surface area (TPSA) is 107 Å². The Morgan fingerprint density at radius 1 is 1.46 bits per heavy atom. The minimum absolute atomic E-state index is 0. The predicted octanol–water partition coefficient (Wildman–Crippen LogP) is 2.57. The Bertz CT molecular complexity index is 786. The highest BCUT2D eigenvalue weighted by molar-refractivity contribution is 14.0. The fraction of sp³-hybridized carbons (Fsp3) is 0.412. The Morgan fingerprint density at radius 2 is 2.25 bits per heavy atom. The zero-order chi connectivity index (χ0) is 19.6. The molecule has 28 heavy (non-hydrogen) atoms. The van der Waals surface area contributed by atoms with Crippen molar-refractivity contribution in [3.63, 3.8) is 0 Å². The van der Waals surface area contributed by atoms with E-state index in [1.54, 1.807) is 19.2 Å².